The monoisotopic (exact) mass is 477 g/mol. The summed E-state index contributed by atoms with van der Waals surface area (Å²) < 4.78 is 26.8. The third-order valence-corrected chi connectivity index (χ3v) is 5.95. The molecule has 0 bridgehead atoms. The Balaban J connectivity index is 1.53. The summed E-state index contributed by atoms with van der Waals surface area (Å²) in [7, 11) is 1.68. The van der Waals surface area contributed by atoms with Gasteiger partial charge in [-0.1, -0.05) is 48.5 Å². The van der Waals surface area contributed by atoms with Gasteiger partial charge >= 0.3 is 0 Å². The van der Waals surface area contributed by atoms with Gasteiger partial charge in [-0.15, -0.1) is 0 Å². The SMILES string of the molecule is C[C@H](NC(=O)Cc1cc(F)cc(F)c1)C(=O)NC1C(=O)N(C)Cc2ccccc2-c2ccccc21. The van der Waals surface area contributed by atoms with Crippen LogP contribution in [0.25, 0.3) is 11.1 Å². The molecule has 0 saturated heterocycles. The molecule has 1 heterocycles. The van der Waals surface area contributed by atoms with Gasteiger partial charge < -0.3 is 15.5 Å². The Labute approximate surface area is 201 Å². The van der Waals surface area contributed by atoms with Gasteiger partial charge in [0.1, 0.15) is 23.7 Å². The zero-order valence-corrected chi connectivity index (χ0v) is 19.3. The van der Waals surface area contributed by atoms with Crippen molar-refractivity contribution in [2.75, 3.05) is 7.05 Å². The van der Waals surface area contributed by atoms with E-state index in [-0.39, 0.29) is 17.9 Å². The minimum absolute atomic E-state index is 0.150. The molecule has 4 rings (SSSR count). The first-order valence-corrected chi connectivity index (χ1v) is 11.2. The summed E-state index contributed by atoms with van der Waals surface area (Å²) in [6.07, 6.45) is -0.295. The highest BCUT2D eigenvalue weighted by Gasteiger charge is 2.32. The first kappa shape index (κ1) is 24.1. The lowest BCUT2D eigenvalue weighted by molar-refractivity contribution is -0.136. The number of carbonyl (C=O) groups is 3. The molecule has 3 amide bonds. The van der Waals surface area contributed by atoms with Crippen LogP contribution in [0.4, 0.5) is 8.78 Å². The maximum absolute atomic E-state index is 13.4. The molecule has 35 heavy (non-hydrogen) atoms. The van der Waals surface area contributed by atoms with Gasteiger partial charge in [-0.3, -0.25) is 14.4 Å². The van der Waals surface area contributed by atoms with Gasteiger partial charge in [0, 0.05) is 19.7 Å². The fourth-order valence-electron chi connectivity index (χ4n) is 4.27. The van der Waals surface area contributed by atoms with E-state index in [1.807, 2.05) is 36.4 Å². The van der Waals surface area contributed by atoms with Crippen LogP contribution in [0.3, 0.4) is 0 Å². The zero-order valence-electron chi connectivity index (χ0n) is 19.3. The molecule has 8 heteroatoms. The fourth-order valence-corrected chi connectivity index (χ4v) is 4.27. The van der Waals surface area contributed by atoms with Crippen LogP contribution < -0.4 is 10.6 Å². The quantitative estimate of drug-likeness (QED) is 0.591. The minimum Gasteiger partial charge on any atom is -0.344 e. The Kier molecular flexibility index (Phi) is 6.91. The minimum atomic E-state index is -0.982. The molecule has 2 atom stereocenters. The smallest absolute Gasteiger partial charge is 0.249 e. The number of benzene rings is 3. The van der Waals surface area contributed by atoms with E-state index in [0.29, 0.717) is 12.1 Å². The van der Waals surface area contributed by atoms with E-state index < -0.39 is 35.5 Å². The highest BCUT2D eigenvalue weighted by molar-refractivity contribution is 5.94. The molecule has 0 spiro atoms. The van der Waals surface area contributed by atoms with Crippen molar-refractivity contribution in [1.29, 1.82) is 0 Å². The Bertz CT molecular complexity index is 1270. The van der Waals surface area contributed by atoms with Crippen LogP contribution in [0.2, 0.25) is 0 Å². The Hall–Kier alpha value is -4.07. The van der Waals surface area contributed by atoms with Crippen LogP contribution in [0.1, 0.15) is 29.7 Å². The van der Waals surface area contributed by atoms with Gasteiger partial charge in [0.05, 0.1) is 6.42 Å². The van der Waals surface area contributed by atoms with Crippen molar-refractivity contribution in [3.8, 4) is 11.1 Å². The lowest BCUT2D eigenvalue weighted by Gasteiger charge is -2.31. The highest BCUT2D eigenvalue weighted by atomic mass is 19.1. The van der Waals surface area contributed by atoms with Gasteiger partial charge in [-0.2, -0.15) is 0 Å². The summed E-state index contributed by atoms with van der Waals surface area (Å²) in [5.74, 6) is -2.99. The van der Waals surface area contributed by atoms with E-state index in [4.69, 9.17) is 0 Å². The largest absolute Gasteiger partial charge is 0.344 e. The van der Waals surface area contributed by atoms with Crippen LogP contribution in [0, 0.1) is 11.6 Å². The number of hydrogen-bond acceptors (Lipinski definition) is 3. The lowest BCUT2D eigenvalue weighted by Crippen LogP contribution is -2.49. The van der Waals surface area contributed by atoms with Crippen molar-refractivity contribution in [2.24, 2.45) is 0 Å². The molecule has 3 aromatic carbocycles. The van der Waals surface area contributed by atoms with E-state index >= 15 is 0 Å². The van der Waals surface area contributed by atoms with Gasteiger partial charge in [0.2, 0.25) is 17.7 Å². The number of likely N-dealkylation sites (N-methyl/N-ethyl adjacent to an activating group) is 1. The third-order valence-electron chi connectivity index (χ3n) is 5.95. The summed E-state index contributed by atoms with van der Waals surface area (Å²) in [5.41, 5.74) is 3.62. The molecular formula is C27H25F2N3O3. The first-order valence-electron chi connectivity index (χ1n) is 11.2. The summed E-state index contributed by atoms with van der Waals surface area (Å²) in [5, 5.41) is 5.31. The van der Waals surface area contributed by atoms with Crippen LogP contribution in [-0.2, 0) is 27.3 Å². The van der Waals surface area contributed by atoms with Gasteiger partial charge in [-0.05, 0) is 46.9 Å². The number of fused-ring (bicyclic) bond motifs is 3. The van der Waals surface area contributed by atoms with Crippen LogP contribution in [0.5, 0.6) is 0 Å². The standard InChI is InChI=1S/C27H25F2N3O3/c1-16(30-24(33)13-17-11-19(28)14-20(29)12-17)26(34)31-25-23-10-6-5-9-22(23)21-8-4-3-7-18(21)15-32(2)27(25)35/h3-12,14,16,25H,13,15H2,1-2H3,(H,30,33)(H,31,34)/t16-,25?/m0/s1. The topological polar surface area (TPSA) is 78.5 Å². The Morgan fingerprint density at radius 3 is 2.34 bits per heavy atom. The van der Waals surface area contributed by atoms with Crippen LogP contribution in [0.15, 0.2) is 66.7 Å². The molecule has 2 N–H and O–H groups in total. The predicted octanol–water partition coefficient (Wildman–Crippen LogP) is 3.51. The van der Waals surface area contributed by atoms with Crippen molar-refractivity contribution in [1.82, 2.24) is 15.5 Å². The molecule has 0 aliphatic carbocycles. The first-order chi connectivity index (χ1) is 16.7. The number of nitrogens with zero attached hydrogens (tertiary/aromatic N) is 1. The second-order valence-electron chi connectivity index (χ2n) is 8.62. The predicted molar refractivity (Wildman–Crippen MR) is 127 cm³/mol. The molecule has 0 radical (unpaired) electrons. The number of nitrogens with one attached hydrogen (secondary N) is 2. The molecule has 6 nitrogen and oxygen atoms in total. The highest BCUT2D eigenvalue weighted by Crippen LogP contribution is 2.34. The van der Waals surface area contributed by atoms with E-state index in [1.165, 1.54) is 6.92 Å². The molecule has 1 aliphatic rings. The molecule has 0 saturated carbocycles. The second kappa shape index (κ2) is 10.0. The van der Waals surface area contributed by atoms with E-state index in [0.717, 1.165) is 34.9 Å². The van der Waals surface area contributed by atoms with Crippen molar-refractivity contribution in [2.45, 2.75) is 32.0 Å². The second-order valence-corrected chi connectivity index (χ2v) is 8.62. The summed E-state index contributed by atoms with van der Waals surface area (Å²) in [6.45, 7) is 1.86. The summed E-state index contributed by atoms with van der Waals surface area (Å²) in [6, 6.07) is 16.1. The van der Waals surface area contributed by atoms with Crippen LogP contribution >= 0.6 is 0 Å². The molecule has 1 unspecified atom stereocenters. The van der Waals surface area contributed by atoms with Crippen LogP contribution in [-0.4, -0.2) is 35.7 Å². The number of hydrogen-bond donors (Lipinski definition) is 2. The molecule has 1 aliphatic heterocycles. The lowest BCUT2D eigenvalue weighted by atomic mass is 9.89. The van der Waals surface area contributed by atoms with E-state index in [9.17, 15) is 23.2 Å². The van der Waals surface area contributed by atoms with Gasteiger partial charge in [-0.25, -0.2) is 8.78 Å². The molecule has 180 valence electrons. The average molecular weight is 478 g/mol. The van der Waals surface area contributed by atoms with Crippen molar-refractivity contribution < 1.29 is 23.2 Å². The number of rotatable bonds is 5. The van der Waals surface area contributed by atoms with Crippen molar-refractivity contribution in [3.05, 3.63) is 95.1 Å². The Morgan fingerprint density at radius 2 is 1.63 bits per heavy atom. The zero-order chi connectivity index (χ0) is 25.1. The Morgan fingerprint density at radius 1 is 1.00 bits per heavy atom. The maximum atomic E-state index is 13.4. The van der Waals surface area contributed by atoms with Gasteiger partial charge in [0.25, 0.3) is 0 Å². The number of amides is 3. The third kappa shape index (κ3) is 5.37. The molecule has 3 aromatic rings. The van der Waals surface area contributed by atoms with E-state index in [1.54, 1.807) is 24.1 Å². The molecule has 0 fully saturated rings. The van der Waals surface area contributed by atoms with Crippen molar-refractivity contribution in [3.63, 3.8) is 0 Å². The number of halogens is 2. The fraction of sp³-hybridized carbons (Fsp3) is 0.222. The van der Waals surface area contributed by atoms with Gasteiger partial charge in [0.15, 0.2) is 0 Å². The number of carbonyl (C=O) groups excluding carboxylic acids is 3. The summed E-state index contributed by atoms with van der Waals surface area (Å²) in [4.78, 5) is 40.2. The molecule has 0 aromatic heterocycles. The molecular weight excluding hydrogens is 452 g/mol. The van der Waals surface area contributed by atoms with E-state index in [2.05, 4.69) is 10.6 Å². The average Bonchev–Trinajstić information content (AvgIpc) is 2.81. The van der Waals surface area contributed by atoms with Crippen molar-refractivity contribution >= 4 is 17.7 Å². The summed E-state index contributed by atoms with van der Waals surface area (Å²) >= 11 is 0. The maximum Gasteiger partial charge on any atom is 0.249 e. The normalized spacial score (nSPS) is 15.8.